The number of thiol groups is 1. The molecule has 0 aromatic carbocycles. The van der Waals surface area contributed by atoms with Gasteiger partial charge in [0, 0.05) is 0 Å². The van der Waals surface area contributed by atoms with Crippen LogP contribution in [0.2, 0.25) is 0 Å². The van der Waals surface area contributed by atoms with Gasteiger partial charge in [-0.25, -0.2) is 0 Å². The van der Waals surface area contributed by atoms with Gasteiger partial charge in [0.25, 0.3) is 0 Å². The molecule has 1 saturated heterocycles. The number of rotatable bonds is 3. The van der Waals surface area contributed by atoms with Gasteiger partial charge in [-0.2, -0.15) is 0 Å². The van der Waals surface area contributed by atoms with Crippen LogP contribution in [0.5, 0.6) is 0 Å². The maximum absolute atomic E-state index is 12.3. The number of hydrogen-bond donors (Lipinski definition) is 3. The summed E-state index contributed by atoms with van der Waals surface area (Å²) in [4.78, 5) is 13.7. The minimum Gasteiger partial charge on any atom is -0.462 e. The molecule has 104 valence electrons. The highest BCUT2D eigenvalue weighted by Crippen LogP contribution is 2.32. The first kappa shape index (κ1) is 14.5. The summed E-state index contributed by atoms with van der Waals surface area (Å²) in [5, 5.41) is 19.5. The number of hydrogen-bond acceptors (Lipinski definition) is 5. The van der Waals surface area contributed by atoms with Crippen LogP contribution < -0.4 is 0 Å². The zero-order chi connectivity index (χ0) is 14.0. The summed E-state index contributed by atoms with van der Waals surface area (Å²) in [6, 6.07) is -0.395. The molecule has 2 rings (SSSR count). The van der Waals surface area contributed by atoms with Gasteiger partial charge in [-0.05, 0) is 25.0 Å². The first-order valence-corrected chi connectivity index (χ1v) is 6.78. The van der Waals surface area contributed by atoms with Gasteiger partial charge in [0.2, 0.25) is 5.78 Å². The Morgan fingerprint density at radius 2 is 2.37 bits per heavy atom. The Labute approximate surface area is 121 Å². The molecule has 3 atom stereocenters. The summed E-state index contributed by atoms with van der Waals surface area (Å²) in [5.74, 6) is -0.711. The van der Waals surface area contributed by atoms with Crippen molar-refractivity contribution in [3.63, 3.8) is 0 Å². The third-order valence-corrected chi connectivity index (χ3v) is 3.75. The number of allylic oxidation sites excluding steroid dienone is 3. The summed E-state index contributed by atoms with van der Waals surface area (Å²) in [5.41, 5.74) is 0. The number of carbonyl (C=O) groups excluding carboxylic acids is 1. The molecule has 2 N–H and O–H groups in total. The van der Waals surface area contributed by atoms with Crippen molar-refractivity contribution in [2.75, 3.05) is 6.61 Å². The molecule has 0 bridgehead atoms. The zero-order valence-electron chi connectivity index (χ0n) is 10.1. The average molecular weight is 301 g/mol. The van der Waals surface area contributed by atoms with E-state index in [-0.39, 0.29) is 22.5 Å². The van der Waals surface area contributed by atoms with Gasteiger partial charge in [0.05, 0.1) is 24.8 Å². The SMILES string of the molecule is O=C(C1=CCC=CO1)C1CC(CO)N(C(=S)S)C1O. The van der Waals surface area contributed by atoms with E-state index < -0.39 is 18.2 Å². The fraction of sp³-hybridized carbons (Fsp3) is 0.500. The lowest BCUT2D eigenvalue weighted by Crippen LogP contribution is -2.42. The molecule has 0 amide bonds. The summed E-state index contributed by atoms with van der Waals surface area (Å²) in [6.07, 6.45) is 4.78. The van der Waals surface area contributed by atoms with Crippen molar-refractivity contribution in [3.05, 3.63) is 24.2 Å². The molecule has 19 heavy (non-hydrogen) atoms. The lowest BCUT2D eigenvalue weighted by Gasteiger charge is -2.27. The lowest BCUT2D eigenvalue weighted by molar-refractivity contribution is -0.125. The van der Waals surface area contributed by atoms with Crippen LogP contribution in [-0.2, 0) is 9.53 Å². The molecular weight excluding hydrogens is 286 g/mol. The number of likely N-dealkylation sites (tertiary alicyclic amines) is 1. The van der Waals surface area contributed by atoms with Crippen molar-refractivity contribution in [1.82, 2.24) is 4.90 Å². The minimum absolute atomic E-state index is 0.167. The van der Waals surface area contributed by atoms with Crippen molar-refractivity contribution in [1.29, 1.82) is 0 Å². The number of aliphatic hydroxyl groups is 2. The van der Waals surface area contributed by atoms with Gasteiger partial charge in [0.1, 0.15) is 10.5 Å². The minimum atomic E-state index is -1.08. The standard InChI is InChI=1S/C12H15NO4S2/c14-6-7-5-8(11(16)13(7)12(18)19)10(15)9-3-1-2-4-17-9/h2-4,7-8,11,14,16H,1,5-6H2,(H,18,19). The first-order valence-electron chi connectivity index (χ1n) is 5.92. The van der Waals surface area contributed by atoms with Crippen LogP contribution in [0.3, 0.4) is 0 Å². The Hall–Kier alpha value is -0.890. The average Bonchev–Trinajstić information content (AvgIpc) is 2.76. The number of aliphatic hydroxyl groups excluding tert-OH is 2. The number of Topliss-reactive ketones (excluding diaryl/α,β-unsaturated/α-hetero) is 1. The van der Waals surface area contributed by atoms with E-state index in [0.29, 0.717) is 12.8 Å². The Morgan fingerprint density at radius 1 is 1.63 bits per heavy atom. The largest absolute Gasteiger partial charge is 0.462 e. The van der Waals surface area contributed by atoms with Crippen LogP contribution in [0.25, 0.3) is 0 Å². The number of carbonyl (C=O) groups is 1. The Morgan fingerprint density at radius 3 is 2.84 bits per heavy atom. The van der Waals surface area contributed by atoms with Gasteiger partial charge in [-0.1, -0.05) is 12.2 Å². The second-order valence-electron chi connectivity index (χ2n) is 4.44. The van der Waals surface area contributed by atoms with E-state index in [4.69, 9.17) is 17.0 Å². The van der Waals surface area contributed by atoms with Crippen molar-refractivity contribution < 1.29 is 19.7 Å². The molecule has 0 saturated carbocycles. The van der Waals surface area contributed by atoms with Gasteiger partial charge in [-0.3, -0.25) is 4.79 Å². The molecule has 0 aromatic heterocycles. The van der Waals surface area contributed by atoms with E-state index in [1.807, 2.05) is 0 Å². The van der Waals surface area contributed by atoms with E-state index in [1.165, 1.54) is 11.2 Å². The summed E-state index contributed by atoms with van der Waals surface area (Å²) >= 11 is 8.94. The quantitative estimate of drug-likeness (QED) is 0.523. The highest BCUT2D eigenvalue weighted by Gasteiger charge is 2.45. The molecule has 1 fully saturated rings. The highest BCUT2D eigenvalue weighted by molar-refractivity contribution is 8.10. The monoisotopic (exact) mass is 301 g/mol. The van der Waals surface area contributed by atoms with Crippen molar-refractivity contribution >= 4 is 35.0 Å². The maximum Gasteiger partial charge on any atom is 0.205 e. The summed E-state index contributed by atoms with van der Waals surface area (Å²) in [6.45, 7) is -0.193. The molecule has 2 aliphatic rings. The van der Waals surface area contributed by atoms with Gasteiger partial charge in [-0.15, -0.1) is 12.6 Å². The molecule has 5 nitrogen and oxygen atoms in total. The molecule has 2 heterocycles. The van der Waals surface area contributed by atoms with Gasteiger partial charge in [0.15, 0.2) is 5.76 Å². The molecule has 2 aliphatic heterocycles. The number of thiocarbonyl (C=S) groups is 1. The second-order valence-corrected chi connectivity index (χ2v) is 5.55. The van der Waals surface area contributed by atoms with Crippen LogP contribution in [0.1, 0.15) is 12.8 Å². The fourth-order valence-electron chi connectivity index (χ4n) is 2.35. The lowest BCUT2D eigenvalue weighted by atomic mass is 9.97. The summed E-state index contributed by atoms with van der Waals surface area (Å²) in [7, 11) is 0. The molecule has 3 unspecified atom stereocenters. The topological polar surface area (TPSA) is 70.0 Å². The van der Waals surface area contributed by atoms with E-state index >= 15 is 0 Å². The van der Waals surface area contributed by atoms with Crippen LogP contribution in [0.15, 0.2) is 24.2 Å². The maximum atomic E-state index is 12.3. The zero-order valence-corrected chi connectivity index (χ0v) is 11.8. The number of ether oxygens (including phenoxy) is 1. The third-order valence-electron chi connectivity index (χ3n) is 3.31. The van der Waals surface area contributed by atoms with Crippen LogP contribution >= 0.6 is 24.8 Å². The second kappa shape index (κ2) is 6.04. The predicted molar refractivity (Wildman–Crippen MR) is 76.3 cm³/mol. The van der Waals surface area contributed by atoms with Crippen molar-refractivity contribution in [2.45, 2.75) is 25.1 Å². The van der Waals surface area contributed by atoms with Crippen LogP contribution in [0.4, 0.5) is 0 Å². The van der Waals surface area contributed by atoms with Gasteiger partial charge >= 0.3 is 0 Å². The van der Waals surface area contributed by atoms with E-state index in [9.17, 15) is 15.0 Å². The molecule has 0 aromatic rings. The van der Waals surface area contributed by atoms with E-state index in [1.54, 1.807) is 12.2 Å². The normalized spacial score (nSPS) is 29.9. The van der Waals surface area contributed by atoms with E-state index in [2.05, 4.69) is 12.6 Å². The van der Waals surface area contributed by atoms with Gasteiger partial charge < -0.3 is 19.8 Å². The Kier molecular flexibility index (Phi) is 4.62. The Bertz CT molecular complexity index is 449. The molecule has 0 spiro atoms. The third kappa shape index (κ3) is 2.84. The first-order chi connectivity index (χ1) is 9.06. The van der Waals surface area contributed by atoms with Crippen molar-refractivity contribution in [3.8, 4) is 0 Å². The highest BCUT2D eigenvalue weighted by atomic mass is 32.1. The molecular formula is C12H15NO4S2. The summed E-state index contributed by atoms with van der Waals surface area (Å²) < 4.78 is 5.32. The smallest absolute Gasteiger partial charge is 0.205 e. The predicted octanol–water partition coefficient (Wildman–Crippen LogP) is 0.589. The van der Waals surface area contributed by atoms with Crippen LogP contribution in [0, 0.1) is 5.92 Å². The van der Waals surface area contributed by atoms with Crippen molar-refractivity contribution in [2.24, 2.45) is 5.92 Å². The van der Waals surface area contributed by atoms with Crippen LogP contribution in [-0.4, -0.2) is 44.1 Å². The fourth-order valence-corrected chi connectivity index (χ4v) is 2.89. The molecule has 0 radical (unpaired) electrons. The molecule has 0 aliphatic carbocycles. The number of nitrogens with zero attached hydrogens (tertiary/aromatic N) is 1. The van der Waals surface area contributed by atoms with E-state index in [0.717, 1.165) is 0 Å². The number of ketones is 1. The Balaban J connectivity index is 2.15. The molecule has 7 heteroatoms.